The van der Waals surface area contributed by atoms with Crippen LogP contribution in [0.25, 0.3) is 0 Å². The standard InChI is InChI=1S/C21H33N3O.3C2HF3O2/c1-22-11-13-24(14-12-22)16-21-20-8-10-23(15-19(20)17-25-21)9-7-18-5-3-2-4-6-18;3*3-2(4,5)1(6)7/h2-6,19-21H,7-17H2,1H3;3*(H,6,7)/t19-,20-,21+;;;/m1.../s1. The molecule has 264 valence electrons. The summed E-state index contributed by atoms with van der Waals surface area (Å²) in [5.74, 6) is -6.73. The van der Waals surface area contributed by atoms with Crippen molar-refractivity contribution in [3.63, 3.8) is 0 Å². The molecule has 46 heavy (non-hydrogen) atoms. The molecule has 0 saturated carbocycles. The molecule has 3 atom stereocenters. The number of likely N-dealkylation sites (N-methyl/N-ethyl adjacent to an activating group) is 1. The van der Waals surface area contributed by atoms with E-state index in [4.69, 9.17) is 34.4 Å². The average Bonchev–Trinajstić information content (AvgIpc) is 3.35. The van der Waals surface area contributed by atoms with Gasteiger partial charge in [-0.05, 0) is 37.9 Å². The molecule has 1 aromatic rings. The second kappa shape index (κ2) is 18.2. The predicted octanol–water partition coefficient (Wildman–Crippen LogP) is 3.71. The zero-order valence-electron chi connectivity index (χ0n) is 24.6. The number of piperidine rings is 1. The van der Waals surface area contributed by atoms with Crippen LogP contribution in [0.2, 0.25) is 0 Å². The highest BCUT2D eigenvalue weighted by atomic mass is 19.4. The number of halogens is 9. The number of alkyl halides is 9. The van der Waals surface area contributed by atoms with Crippen molar-refractivity contribution in [1.29, 1.82) is 0 Å². The Morgan fingerprint density at radius 3 is 1.65 bits per heavy atom. The van der Waals surface area contributed by atoms with Gasteiger partial charge in [-0.1, -0.05) is 30.3 Å². The maximum Gasteiger partial charge on any atom is 0.490 e. The Labute approximate surface area is 258 Å². The highest BCUT2D eigenvalue weighted by molar-refractivity contribution is 5.73. The molecule has 0 bridgehead atoms. The van der Waals surface area contributed by atoms with Crippen LogP contribution in [-0.4, -0.2) is 139 Å². The highest BCUT2D eigenvalue weighted by Crippen LogP contribution is 2.35. The molecule has 0 aromatic heterocycles. The van der Waals surface area contributed by atoms with E-state index in [9.17, 15) is 39.5 Å². The van der Waals surface area contributed by atoms with Crippen LogP contribution in [0.4, 0.5) is 39.5 Å². The van der Waals surface area contributed by atoms with E-state index in [-0.39, 0.29) is 0 Å². The number of rotatable bonds is 5. The number of hydrogen-bond donors (Lipinski definition) is 3. The molecule has 3 heterocycles. The first-order chi connectivity index (χ1) is 21.1. The summed E-state index contributed by atoms with van der Waals surface area (Å²) < 4.78 is 101. The number of carboxylic acids is 3. The number of hydrogen-bond acceptors (Lipinski definition) is 7. The molecule has 3 aliphatic rings. The average molecular weight is 686 g/mol. The highest BCUT2D eigenvalue weighted by Gasteiger charge is 2.42. The number of aliphatic carboxylic acids is 3. The Kier molecular flexibility index (Phi) is 16.2. The fourth-order valence-corrected chi connectivity index (χ4v) is 4.77. The molecule has 0 spiro atoms. The fraction of sp³-hybridized carbons (Fsp3) is 0.667. The fourth-order valence-electron chi connectivity index (χ4n) is 4.77. The summed E-state index contributed by atoms with van der Waals surface area (Å²) in [6, 6.07) is 10.9. The molecule has 3 N–H and O–H groups in total. The van der Waals surface area contributed by atoms with Crippen LogP contribution < -0.4 is 0 Å². The summed E-state index contributed by atoms with van der Waals surface area (Å²) in [5.41, 5.74) is 1.46. The van der Waals surface area contributed by atoms with Gasteiger partial charge in [0.1, 0.15) is 0 Å². The first-order valence-corrected chi connectivity index (χ1v) is 13.8. The van der Waals surface area contributed by atoms with E-state index in [2.05, 4.69) is 52.1 Å². The Morgan fingerprint density at radius 1 is 0.761 bits per heavy atom. The summed E-state index contributed by atoms with van der Waals surface area (Å²) in [7, 11) is 2.23. The Balaban J connectivity index is 0.000000413. The van der Waals surface area contributed by atoms with Gasteiger partial charge in [0.25, 0.3) is 0 Å². The number of fused-ring (bicyclic) bond motifs is 1. The van der Waals surface area contributed by atoms with E-state index >= 15 is 0 Å². The third-order valence-electron chi connectivity index (χ3n) is 7.20. The lowest BCUT2D eigenvalue weighted by atomic mass is 9.84. The largest absolute Gasteiger partial charge is 0.490 e. The minimum absolute atomic E-state index is 0.477. The maximum absolute atomic E-state index is 10.6. The molecular weight excluding hydrogens is 649 g/mol. The molecule has 3 aliphatic heterocycles. The lowest BCUT2D eigenvalue weighted by Gasteiger charge is -2.38. The van der Waals surface area contributed by atoms with Gasteiger partial charge < -0.3 is 29.9 Å². The van der Waals surface area contributed by atoms with E-state index in [1.54, 1.807) is 0 Å². The molecule has 3 fully saturated rings. The van der Waals surface area contributed by atoms with Gasteiger partial charge in [-0.25, -0.2) is 14.4 Å². The van der Waals surface area contributed by atoms with Gasteiger partial charge in [-0.2, -0.15) is 39.5 Å². The van der Waals surface area contributed by atoms with E-state index in [1.807, 2.05) is 0 Å². The molecule has 4 rings (SSSR count). The van der Waals surface area contributed by atoms with Crippen LogP contribution in [0, 0.1) is 11.8 Å². The maximum atomic E-state index is 10.6. The SMILES string of the molecule is CN1CCN(C[C@@H]2OC[C@H]3CN(CCc4ccccc4)CC[C@H]32)CC1.O=C(O)C(F)(F)F.O=C(O)C(F)(F)F.O=C(O)C(F)(F)F. The molecular formula is C27H36F9N3O7. The summed E-state index contributed by atoms with van der Waals surface area (Å²) in [5, 5.41) is 21.4. The van der Waals surface area contributed by atoms with Crippen molar-refractivity contribution in [3.8, 4) is 0 Å². The first kappa shape index (κ1) is 40.9. The molecule has 0 aliphatic carbocycles. The van der Waals surface area contributed by atoms with Crippen LogP contribution >= 0.6 is 0 Å². The van der Waals surface area contributed by atoms with Crippen molar-refractivity contribution >= 4 is 17.9 Å². The Hall–Kier alpha value is -3.16. The third kappa shape index (κ3) is 15.9. The Bertz CT molecular complexity index is 1020. The second-order valence-electron chi connectivity index (χ2n) is 10.6. The summed E-state index contributed by atoms with van der Waals surface area (Å²) >= 11 is 0. The number of benzene rings is 1. The Morgan fingerprint density at radius 2 is 1.22 bits per heavy atom. The summed E-state index contributed by atoms with van der Waals surface area (Å²) in [6.07, 6.45) is -12.3. The number of piperazine rings is 1. The summed E-state index contributed by atoms with van der Waals surface area (Å²) in [6.45, 7) is 10.6. The van der Waals surface area contributed by atoms with Crippen LogP contribution in [-0.2, 0) is 25.5 Å². The molecule has 19 heteroatoms. The van der Waals surface area contributed by atoms with E-state index < -0.39 is 36.4 Å². The minimum atomic E-state index is -5.08. The van der Waals surface area contributed by atoms with Crippen molar-refractivity contribution < 1.29 is 74.0 Å². The van der Waals surface area contributed by atoms with Crippen LogP contribution in [0.3, 0.4) is 0 Å². The molecule has 3 saturated heterocycles. The second-order valence-corrected chi connectivity index (χ2v) is 10.6. The lowest BCUT2D eigenvalue weighted by Crippen LogP contribution is -2.49. The van der Waals surface area contributed by atoms with Crippen LogP contribution in [0.15, 0.2) is 30.3 Å². The van der Waals surface area contributed by atoms with Gasteiger partial charge in [0, 0.05) is 51.7 Å². The molecule has 0 unspecified atom stereocenters. The zero-order valence-corrected chi connectivity index (χ0v) is 24.6. The van der Waals surface area contributed by atoms with Crippen molar-refractivity contribution in [2.45, 2.75) is 37.5 Å². The molecule has 1 aromatic carbocycles. The molecule has 10 nitrogen and oxygen atoms in total. The van der Waals surface area contributed by atoms with Crippen molar-refractivity contribution in [3.05, 3.63) is 35.9 Å². The van der Waals surface area contributed by atoms with Gasteiger partial charge >= 0.3 is 36.4 Å². The van der Waals surface area contributed by atoms with Gasteiger partial charge in [-0.15, -0.1) is 0 Å². The monoisotopic (exact) mass is 685 g/mol. The van der Waals surface area contributed by atoms with E-state index in [1.165, 1.54) is 64.2 Å². The van der Waals surface area contributed by atoms with Crippen LogP contribution in [0.1, 0.15) is 12.0 Å². The smallest absolute Gasteiger partial charge is 0.475 e. The topological polar surface area (TPSA) is 131 Å². The molecule has 0 radical (unpaired) electrons. The van der Waals surface area contributed by atoms with Crippen molar-refractivity contribution in [2.75, 3.05) is 66.0 Å². The minimum Gasteiger partial charge on any atom is -0.475 e. The van der Waals surface area contributed by atoms with E-state index in [0.29, 0.717) is 6.10 Å². The van der Waals surface area contributed by atoms with Crippen LogP contribution in [0.5, 0.6) is 0 Å². The quantitative estimate of drug-likeness (QED) is 0.395. The van der Waals surface area contributed by atoms with Gasteiger partial charge in [0.2, 0.25) is 0 Å². The predicted molar refractivity (Wildman–Crippen MR) is 143 cm³/mol. The van der Waals surface area contributed by atoms with E-state index in [0.717, 1.165) is 25.0 Å². The van der Waals surface area contributed by atoms with Crippen molar-refractivity contribution in [1.82, 2.24) is 14.7 Å². The lowest BCUT2D eigenvalue weighted by molar-refractivity contribution is -0.193. The number of likely N-dealkylation sites (tertiary alicyclic amines) is 1. The third-order valence-corrected chi connectivity index (χ3v) is 7.20. The van der Waals surface area contributed by atoms with Gasteiger partial charge in [0.15, 0.2) is 0 Å². The number of carboxylic acid groups (broad SMARTS) is 3. The first-order valence-electron chi connectivity index (χ1n) is 13.8. The zero-order chi connectivity index (χ0) is 35.3. The normalized spacial score (nSPS) is 22.5. The van der Waals surface area contributed by atoms with Gasteiger partial charge in [0.05, 0.1) is 12.7 Å². The molecule has 0 amide bonds. The number of nitrogens with zero attached hydrogens (tertiary/aromatic N) is 3. The summed E-state index contributed by atoms with van der Waals surface area (Å²) in [4.78, 5) is 34.4. The van der Waals surface area contributed by atoms with Crippen molar-refractivity contribution in [2.24, 2.45) is 11.8 Å². The van der Waals surface area contributed by atoms with Gasteiger partial charge in [-0.3, -0.25) is 4.90 Å². The number of carbonyl (C=O) groups is 3. The number of ether oxygens (including phenoxy) is 1.